The van der Waals surface area contributed by atoms with E-state index in [9.17, 15) is 14.4 Å². The Labute approximate surface area is 193 Å². The number of hydrogen-bond acceptors (Lipinski definition) is 4. The zero-order valence-electron chi connectivity index (χ0n) is 18.8. The third kappa shape index (κ3) is 6.67. The first-order valence-corrected chi connectivity index (χ1v) is 10.9. The number of rotatable bonds is 9. The maximum atomic E-state index is 12.5. The van der Waals surface area contributed by atoms with Gasteiger partial charge in [0.25, 0.3) is 11.8 Å². The van der Waals surface area contributed by atoms with Crippen molar-refractivity contribution >= 4 is 34.8 Å². The van der Waals surface area contributed by atoms with Crippen molar-refractivity contribution in [3.05, 3.63) is 90.0 Å². The van der Waals surface area contributed by atoms with Gasteiger partial charge in [-0.15, -0.1) is 0 Å². The lowest BCUT2D eigenvalue weighted by molar-refractivity contribution is -0.114. The molecule has 170 valence electrons. The average Bonchev–Trinajstić information content (AvgIpc) is 2.84. The summed E-state index contributed by atoms with van der Waals surface area (Å²) in [6, 6.07) is 23.0. The van der Waals surface area contributed by atoms with Crippen LogP contribution in [0.4, 0.5) is 17.1 Å². The van der Waals surface area contributed by atoms with Gasteiger partial charge in [0.1, 0.15) is 0 Å². The van der Waals surface area contributed by atoms with Gasteiger partial charge in [-0.2, -0.15) is 0 Å². The highest BCUT2D eigenvalue weighted by atomic mass is 16.2. The van der Waals surface area contributed by atoms with E-state index in [1.54, 1.807) is 71.6 Å². The van der Waals surface area contributed by atoms with E-state index >= 15 is 0 Å². The second-order valence-electron chi connectivity index (χ2n) is 7.36. The second kappa shape index (κ2) is 11.5. The van der Waals surface area contributed by atoms with Crippen LogP contribution in [0.5, 0.6) is 0 Å². The normalized spacial score (nSPS) is 10.2. The highest BCUT2D eigenvalue weighted by molar-refractivity contribution is 6.04. The molecule has 3 N–H and O–H groups in total. The fraction of sp³-hybridized carbons (Fsp3) is 0.192. The first-order chi connectivity index (χ1) is 16.0. The fourth-order valence-electron chi connectivity index (χ4n) is 3.31. The first-order valence-electron chi connectivity index (χ1n) is 10.9. The maximum Gasteiger partial charge on any atom is 0.255 e. The van der Waals surface area contributed by atoms with Crippen molar-refractivity contribution in [2.45, 2.75) is 13.8 Å². The van der Waals surface area contributed by atoms with E-state index in [4.69, 9.17) is 0 Å². The molecule has 0 aliphatic carbocycles. The van der Waals surface area contributed by atoms with Crippen LogP contribution in [0.25, 0.3) is 0 Å². The predicted octanol–water partition coefficient (Wildman–Crippen LogP) is 4.47. The van der Waals surface area contributed by atoms with Gasteiger partial charge in [0.05, 0.1) is 6.54 Å². The first kappa shape index (κ1) is 23.5. The van der Waals surface area contributed by atoms with Crippen molar-refractivity contribution in [3.8, 4) is 0 Å². The van der Waals surface area contributed by atoms with Gasteiger partial charge in [0.15, 0.2) is 0 Å². The molecule has 0 aliphatic rings. The van der Waals surface area contributed by atoms with Gasteiger partial charge in [0, 0.05) is 41.3 Å². The summed E-state index contributed by atoms with van der Waals surface area (Å²) in [5, 5.41) is 8.71. The number of nitrogens with zero attached hydrogens (tertiary/aromatic N) is 1. The minimum Gasteiger partial charge on any atom is -0.376 e. The zero-order chi connectivity index (χ0) is 23.6. The molecule has 33 heavy (non-hydrogen) atoms. The molecule has 0 aromatic heterocycles. The molecule has 0 spiro atoms. The summed E-state index contributed by atoms with van der Waals surface area (Å²) >= 11 is 0. The van der Waals surface area contributed by atoms with E-state index in [1.165, 1.54) is 0 Å². The summed E-state index contributed by atoms with van der Waals surface area (Å²) < 4.78 is 0. The molecule has 3 amide bonds. The molecular weight excluding hydrogens is 416 g/mol. The quantitative estimate of drug-likeness (QED) is 0.454. The van der Waals surface area contributed by atoms with Crippen LogP contribution in [-0.2, 0) is 4.79 Å². The average molecular weight is 445 g/mol. The fourth-order valence-corrected chi connectivity index (χ4v) is 3.31. The number of hydrogen-bond donors (Lipinski definition) is 3. The molecule has 7 nitrogen and oxygen atoms in total. The van der Waals surface area contributed by atoms with Crippen LogP contribution in [0.3, 0.4) is 0 Å². The Balaban J connectivity index is 1.56. The summed E-state index contributed by atoms with van der Waals surface area (Å²) in [5.74, 6) is -0.519. The number of carbonyl (C=O) groups excluding carboxylic acids is 3. The third-order valence-corrected chi connectivity index (χ3v) is 5.05. The van der Waals surface area contributed by atoms with Gasteiger partial charge < -0.3 is 20.9 Å². The predicted molar refractivity (Wildman–Crippen MR) is 132 cm³/mol. The minimum absolute atomic E-state index is 0.0320. The molecule has 0 aliphatic heterocycles. The molecule has 0 fully saturated rings. The smallest absolute Gasteiger partial charge is 0.255 e. The van der Waals surface area contributed by atoms with Gasteiger partial charge in [-0.3, -0.25) is 14.4 Å². The molecule has 0 radical (unpaired) electrons. The van der Waals surface area contributed by atoms with Crippen LogP contribution in [0.2, 0.25) is 0 Å². The van der Waals surface area contributed by atoms with Crippen molar-refractivity contribution in [1.82, 2.24) is 4.90 Å². The van der Waals surface area contributed by atoms with Crippen LogP contribution in [0.15, 0.2) is 78.9 Å². The zero-order valence-corrected chi connectivity index (χ0v) is 18.8. The standard InChI is InChI=1S/C26H28N4O3/c1-3-30(4-2)26(33)20-12-8-14-22(16-20)28-24(31)18-27-21-13-9-15-23(17-21)29-25(32)19-10-6-5-7-11-19/h5-17,27H,3-4,18H2,1-2H3,(H,28,31)(H,29,32). The Bertz CT molecular complexity index is 1110. The minimum atomic E-state index is -0.249. The second-order valence-corrected chi connectivity index (χ2v) is 7.36. The Hall–Kier alpha value is -4.13. The number of nitrogens with one attached hydrogen (secondary N) is 3. The number of benzene rings is 3. The van der Waals surface area contributed by atoms with Gasteiger partial charge in [-0.1, -0.05) is 30.3 Å². The Kier molecular flexibility index (Phi) is 8.18. The summed E-state index contributed by atoms with van der Waals surface area (Å²) in [6.45, 7) is 5.15. The maximum absolute atomic E-state index is 12.5. The van der Waals surface area contributed by atoms with Crippen LogP contribution >= 0.6 is 0 Å². The molecule has 3 rings (SSSR count). The number of carbonyl (C=O) groups is 3. The van der Waals surface area contributed by atoms with Crippen LogP contribution < -0.4 is 16.0 Å². The van der Waals surface area contributed by atoms with Crippen molar-refractivity contribution in [2.75, 3.05) is 35.6 Å². The van der Waals surface area contributed by atoms with Crippen LogP contribution in [-0.4, -0.2) is 42.3 Å². The molecular formula is C26H28N4O3. The highest BCUT2D eigenvalue weighted by Gasteiger charge is 2.13. The lowest BCUT2D eigenvalue weighted by Crippen LogP contribution is -2.30. The molecule has 0 unspecified atom stereocenters. The van der Waals surface area contributed by atoms with E-state index in [1.807, 2.05) is 26.0 Å². The molecule has 0 saturated carbocycles. The van der Waals surface area contributed by atoms with E-state index in [-0.39, 0.29) is 24.3 Å². The molecule has 3 aromatic carbocycles. The highest BCUT2D eigenvalue weighted by Crippen LogP contribution is 2.17. The van der Waals surface area contributed by atoms with Crippen molar-refractivity contribution in [2.24, 2.45) is 0 Å². The third-order valence-electron chi connectivity index (χ3n) is 5.05. The molecule has 0 saturated heterocycles. The summed E-state index contributed by atoms with van der Waals surface area (Å²) in [7, 11) is 0. The topological polar surface area (TPSA) is 90.5 Å². The molecule has 0 atom stereocenters. The largest absolute Gasteiger partial charge is 0.376 e. The Morgan fingerprint density at radius 1 is 0.697 bits per heavy atom. The van der Waals surface area contributed by atoms with Gasteiger partial charge >= 0.3 is 0 Å². The lowest BCUT2D eigenvalue weighted by atomic mass is 10.1. The van der Waals surface area contributed by atoms with E-state index in [2.05, 4.69) is 16.0 Å². The number of anilines is 3. The van der Waals surface area contributed by atoms with E-state index in [0.717, 1.165) is 0 Å². The van der Waals surface area contributed by atoms with Crippen molar-refractivity contribution in [3.63, 3.8) is 0 Å². The molecule has 0 heterocycles. The molecule has 3 aromatic rings. The van der Waals surface area contributed by atoms with Crippen molar-refractivity contribution < 1.29 is 14.4 Å². The molecule has 0 bridgehead atoms. The van der Waals surface area contributed by atoms with Crippen LogP contribution in [0.1, 0.15) is 34.6 Å². The summed E-state index contributed by atoms with van der Waals surface area (Å²) in [6.07, 6.45) is 0. The van der Waals surface area contributed by atoms with Gasteiger partial charge in [0.2, 0.25) is 5.91 Å². The SMILES string of the molecule is CCN(CC)C(=O)c1cccc(NC(=O)CNc2cccc(NC(=O)c3ccccc3)c2)c1. The molecule has 7 heteroatoms. The Morgan fingerprint density at radius 2 is 1.30 bits per heavy atom. The monoisotopic (exact) mass is 444 g/mol. The lowest BCUT2D eigenvalue weighted by Gasteiger charge is -2.19. The summed E-state index contributed by atoms with van der Waals surface area (Å²) in [4.78, 5) is 39.0. The van der Waals surface area contributed by atoms with E-state index < -0.39 is 0 Å². The van der Waals surface area contributed by atoms with Gasteiger partial charge in [-0.25, -0.2) is 0 Å². The van der Waals surface area contributed by atoms with E-state index in [0.29, 0.717) is 41.3 Å². The van der Waals surface area contributed by atoms with Gasteiger partial charge in [-0.05, 0) is 62.4 Å². The van der Waals surface area contributed by atoms with Crippen molar-refractivity contribution in [1.29, 1.82) is 0 Å². The van der Waals surface area contributed by atoms with Crippen LogP contribution in [0, 0.1) is 0 Å². The number of amides is 3. The summed E-state index contributed by atoms with van der Waals surface area (Å²) in [5.41, 5.74) is 2.98. The Morgan fingerprint density at radius 3 is 2.00 bits per heavy atom.